The summed E-state index contributed by atoms with van der Waals surface area (Å²) in [5, 5.41) is 6.26. The number of rotatable bonds is 3. The molecule has 1 heterocycles. The standard InChI is InChI=1S/C18H13BrCl2N4O3/c1-22-17(27)18(28)24-25-14-5-2-10(19)6-9(14)7-15(25)16(26)23-11-3-4-12(20)13(21)8-11/h2-8H,1H3,(H,22,27)(H,23,26)(H,24,28). The van der Waals surface area contributed by atoms with E-state index in [0.29, 0.717) is 21.6 Å². The summed E-state index contributed by atoms with van der Waals surface area (Å²) in [6, 6.07) is 11.5. The number of halogens is 3. The van der Waals surface area contributed by atoms with Gasteiger partial charge in [-0.05, 0) is 42.5 Å². The number of carbonyl (C=O) groups is 3. The molecule has 10 heteroatoms. The zero-order valence-corrected chi connectivity index (χ0v) is 17.4. The van der Waals surface area contributed by atoms with Crippen LogP contribution in [0.5, 0.6) is 0 Å². The minimum atomic E-state index is -0.911. The molecule has 3 amide bonds. The first-order valence-electron chi connectivity index (χ1n) is 7.90. The van der Waals surface area contributed by atoms with Gasteiger partial charge in [-0.25, -0.2) is 4.68 Å². The van der Waals surface area contributed by atoms with E-state index in [1.165, 1.54) is 17.8 Å². The van der Waals surface area contributed by atoms with Gasteiger partial charge in [-0.2, -0.15) is 0 Å². The van der Waals surface area contributed by atoms with Crippen molar-refractivity contribution in [3.05, 3.63) is 62.7 Å². The topological polar surface area (TPSA) is 92.2 Å². The predicted octanol–water partition coefficient (Wildman–Crippen LogP) is 3.78. The number of aromatic nitrogens is 1. The van der Waals surface area contributed by atoms with Gasteiger partial charge in [0.2, 0.25) is 0 Å². The van der Waals surface area contributed by atoms with Gasteiger partial charge in [0.05, 0.1) is 15.6 Å². The molecule has 0 bridgehead atoms. The van der Waals surface area contributed by atoms with E-state index < -0.39 is 17.7 Å². The fraction of sp³-hybridized carbons (Fsp3) is 0.0556. The van der Waals surface area contributed by atoms with Crippen LogP contribution in [-0.2, 0) is 9.59 Å². The van der Waals surface area contributed by atoms with Crippen LogP contribution in [0.3, 0.4) is 0 Å². The maximum atomic E-state index is 12.8. The zero-order chi connectivity index (χ0) is 20.4. The summed E-state index contributed by atoms with van der Waals surface area (Å²) in [6.45, 7) is 0. The van der Waals surface area contributed by atoms with Gasteiger partial charge < -0.3 is 10.6 Å². The van der Waals surface area contributed by atoms with Gasteiger partial charge in [0, 0.05) is 22.6 Å². The van der Waals surface area contributed by atoms with E-state index in [9.17, 15) is 14.4 Å². The number of carbonyl (C=O) groups excluding carboxylic acids is 3. The third-order valence-electron chi connectivity index (χ3n) is 3.82. The fourth-order valence-electron chi connectivity index (χ4n) is 2.51. The smallest absolute Gasteiger partial charge is 0.328 e. The summed E-state index contributed by atoms with van der Waals surface area (Å²) in [5.41, 5.74) is 3.52. The zero-order valence-electron chi connectivity index (χ0n) is 14.3. The Morgan fingerprint density at radius 2 is 1.71 bits per heavy atom. The van der Waals surface area contributed by atoms with Crippen molar-refractivity contribution >= 4 is 73.4 Å². The van der Waals surface area contributed by atoms with Crippen LogP contribution < -0.4 is 16.1 Å². The fourth-order valence-corrected chi connectivity index (χ4v) is 3.19. The molecular formula is C18H13BrCl2N4O3. The minimum Gasteiger partial charge on any atom is -0.351 e. The second kappa shape index (κ2) is 8.22. The highest BCUT2D eigenvalue weighted by atomic mass is 79.9. The molecular weight excluding hydrogens is 471 g/mol. The van der Waals surface area contributed by atoms with Crippen LogP contribution in [-0.4, -0.2) is 29.4 Å². The molecule has 3 aromatic rings. The quantitative estimate of drug-likeness (QED) is 0.495. The van der Waals surface area contributed by atoms with Crippen molar-refractivity contribution in [1.82, 2.24) is 9.99 Å². The number of nitrogens with zero attached hydrogens (tertiary/aromatic N) is 1. The van der Waals surface area contributed by atoms with Crippen LogP contribution in [0.4, 0.5) is 5.69 Å². The minimum absolute atomic E-state index is 0.122. The van der Waals surface area contributed by atoms with E-state index in [-0.39, 0.29) is 10.7 Å². The Hall–Kier alpha value is -2.55. The van der Waals surface area contributed by atoms with Gasteiger partial charge >= 0.3 is 11.8 Å². The molecule has 3 N–H and O–H groups in total. The number of benzene rings is 2. The van der Waals surface area contributed by atoms with Crippen LogP contribution in [0.15, 0.2) is 46.9 Å². The monoisotopic (exact) mass is 482 g/mol. The first-order chi connectivity index (χ1) is 13.3. The molecule has 0 saturated carbocycles. The molecule has 0 unspecified atom stereocenters. The van der Waals surface area contributed by atoms with Gasteiger partial charge in [-0.15, -0.1) is 0 Å². The maximum Gasteiger partial charge on any atom is 0.328 e. The first kappa shape index (κ1) is 20.2. The highest BCUT2D eigenvalue weighted by Gasteiger charge is 2.20. The number of anilines is 1. The maximum absolute atomic E-state index is 12.8. The summed E-state index contributed by atoms with van der Waals surface area (Å²) in [7, 11) is 1.34. The number of nitrogens with one attached hydrogen (secondary N) is 3. The molecule has 0 radical (unpaired) electrons. The molecule has 3 rings (SSSR count). The summed E-state index contributed by atoms with van der Waals surface area (Å²) < 4.78 is 2.05. The summed E-state index contributed by atoms with van der Waals surface area (Å²) in [4.78, 5) is 36.5. The molecule has 0 saturated heterocycles. The molecule has 0 atom stereocenters. The van der Waals surface area contributed by atoms with E-state index in [4.69, 9.17) is 23.2 Å². The number of amides is 3. The number of hydrogen-bond acceptors (Lipinski definition) is 3. The molecule has 1 aromatic heterocycles. The SMILES string of the molecule is CNC(=O)C(=O)Nn1c(C(=O)Nc2ccc(Cl)c(Cl)c2)cc2cc(Br)ccc21. The number of likely N-dealkylation sites (N-methyl/N-ethyl adjacent to an activating group) is 1. The van der Waals surface area contributed by atoms with Crippen molar-refractivity contribution in [2.45, 2.75) is 0 Å². The Morgan fingerprint density at radius 1 is 0.964 bits per heavy atom. The normalized spacial score (nSPS) is 10.6. The van der Waals surface area contributed by atoms with Crippen molar-refractivity contribution < 1.29 is 14.4 Å². The molecule has 0 fully saturated rings. The molecule has 2 aromatic carbocycles. The number of fused-ring (bicyclic) bond motifs is 1. The van der Waals surface area contributed by atoms with Crippen molar-refractivity contribution in [2.24, 2.45) is 0 Å². The lowest BCUT2D eigenvalue weighted by Crippen LogP contribution is -2.38. The highest BCUT2D eigenvalue weighted by molar-refractivity contribution is 9.10. The lowest BCUT2D eigenvalue weighted by atomic mass is 10.2. The predicted molar refractivity (Wildman–Crippen MR) is 112 cm³/mol. The van der Waals surface area contributed by atoms with Crippen LogP contribution in [0.1, 0.15) is 10.5 Å². The van der Waals surface area contributed by atoms with E-state index in [1.807, 2.05) is 0 Å². The third kappa shape index (κ3) is 4.14. The second-order valence-corrected chi connectivity index (χ2v) is 7.40. The average molecular weight is 484 g/mol. The Morgan fingerprint density at radius 3 is 2.39 bits per heavy atom. The lowest BCUT2D eigenvalue weighted by molar-refractivity contribution is -0.136. The van der Waals surface area contributed by atoms with Crippen LogP contribution in [0.25, 0.3) is 10.9 Å². The van der Waals surface area contributed by atoms with Crippen molar-refractivity contribution in [1.29, 1.82) is 0 Å². The van der Waals surface area contributed by atoms with E-state index in [0.717, 1.165) is 4.47 Å². The van der Waals surface area contributed by atoms with Crippen LogP contribution in [0.2, 0.25) is 10.0 Å². The van der Waals surface area contributed by atoms with Gasteiger partial charge in [0.25, 0.3) is 5.91 Å². The van der Waals surface area contributed by atoms with Crippen LogP contribution >= 0.6 is 39.1 Å². The summed E-state index contributed by atoms with van der Waals surface area (Å²) in [6.07, 6.45) is 0. The largest absolute Gasteiger partial charge is 0.351 e. The summed E-state index contributed by atoms with van der Waals surface area (Å²) >= 11 is 15.2. The average Bonchev–Trinajstić information content (AvgIpc) is 3.01. The Kier molecular flexibility index (Phi) is 5.93. The van der Waals surface area contributed by atoms with Gasteiger partial charge in [-0.1, -0.05) is 39.1 Å². The molecule has 144 valence electrons. The lowest BCUT2D eigenvalue weighted by Gasteiger charge is -2.12. The second-order valence-electron chi connectivity index (χ2n) is 5.67. The Labute approximate surface area is 178 Å². The molecule has 0 aliphatic carbocycles. The Bertz CT molecular complexity index is 1110. The van der Waals surface area contributed by atoms with Gasteiger partial charge in [-0.3, -0.25) is 19.8 Å². The van der Waals surface area contributed by atoms with E-state index in [1.54, 1.807) is 36.4 Å². The van der Waals surface area contributed by atoms with E-state index >= 15 is 0 Å². The van der Waals surface area contributed by atoms with Crippen LogP contribution in [0, 0.1) is 0 Å². The molecule has 0 aliphatic rings. The van der Waals surface area contributed by atoms with E-state index in [2.05, 4.69) is 32.0 Å². The van der Waals surface area contributed by atoms with Gasteiger partial charge in [0.1, 0.15) is 5.69 Å². The molecule has 7 nitrogen and oxygen atoms in total. The molecule has 0 aliphatic heterocycles. The number of hydrogen-bond donors (Lipinski definition) is 3. The van der Waals surface area contributed by atoms with Gasteiger partial charge in [0.15, 0.2) is 0 Å². The highest BCUT2D eigenvalue weighted by Crippen LogP contribution is 2.27. The third-order valence-corrected chi connectivity index (χ3v) is 5.05. The summed E-state index contributed by atoms with van der Waals surface area (Å²) in [5.74, 6) is -2.26. The van der Waals surface area contributed by atoms with Crippen molar-refractivity contribution in [2.75, 3.05) is 17.8 Å². The van der Waals surface area contributed by atoms with Crippen molar-refractivity contribution in [3.63, 3.8) is 0 Å². The molecule has 28 heavy (non-hydrogen) atoms. The Balaban J connectivity index is 2.01. The van der Waals surface area contributed by atoms with Crippen molar-refractivity contribution in [3.8, 4) is 0 Å². The molecule has 0 spiro atoms. The first-order valence-corrected chi connectivity index (χ1v) is 9.45.